The number of benzene rings is 2. The maximum Gasteiger partial charge on any atom is 0.573 e. The summed E-state index contributed by atoms with van der Waals surface area (Å²) in [5, 5.41) is 8.79. The minimum atomic E-state index is -4.80. The number of fused-ring (bicyclic) bond motifs is 1. The summed E-state index contributed by atoms with van der Waals surface area (Å²) in [4.78, 5) is 10.8. The van der Waals surface area contributed by atoms with Gasteiger partial charge in [-0.3, -0.25) is 0 Å². The van der Waals surface area contributed by atoms with Crippen molar-refractivity contribution in [3.63, 3.8) is 0 Å². The van der Waals surface area contributed by atoms with E-state index < -0.39 is 24.1 Å². The van der Waals surface area contributed by atoms with Gasteiger partial charge in [0.2, 0.25) is 0 Å². The number of alkyl halides is 3. The lowest BCUT2D eigenvalue weighted by Gasteiger charge is -2.21. The van der Waals surface area contributed by atoms with Crippen molar-refractivity contribution in [2.45, 2.75) is 31.9 Å². The average Bonchev–Trinajstić information content (AvgIpc) is 2.95. The Morgan fingerprint density at radius 1 is 1.16 bits per heavy atom. The van der Waals surface area contributed by atoms with Gasteiger partial charge in [0.05, 0.1) is 24.7 Å². The average molecular weight is 463 g/mol. The molecule has 3 rings (SSSR count). The molecule has 11 heteroatoms. The molecule has 0 fully saturated rings. The molecule has 31 heavy (non-hydrogen) atoms. The van der Waals surface area contributed by atoms with E-state index in [-0.39, 0.29) is 23.8 Å². The maximum atomic E-state index is 12.2. The van der Waals surface area contributed by atoms with Crippen LogP contribution in [0.4, 0.5) is 18.0 Å². The Kier molecular flexibility index (Phi) is 6.59. The summed E-state index contributed by atoms with van der Waals surface area (Å²) in [5.74, 6) is -0.400. The van der Waals surface area contributed by atoms with E-state index in [1.165, 1.54) is 13.0 Å². The molecule has 1 heterocycles. The fourth-order valence-electron chi connectivity index (χ4n) is 2.97. The molecule has 1 aliphatic rings. The van der Waals surface area contributed by atoms with E-state index in [2.05, 4.69) is 4.74 Å². The van der Waals surface area contributed by atoms with Gasteiger partial charge < -0.3 is 28.8 Å². The summed E-state index contributed by atoms with van der Waals surface area (Å²) >= 11 is 5.91. The zero-order valence-electron chi connectivity index (χ0n) is 16.2. The monoisotopic (exact) mass is 462 g/mol. The highest BCUT2D eigenvalue weighted by atomic mass is 35.5. The van der Waals surface area contributed by atoms with Crippen LogP contribution in [0.1, 0.15) is 18.9 Å². The largest absolute Gasteiger partial charge is 0.573 e. The molecule has 0 aromatic heterocycles. The quantitative estimate of drug-likeness (QED) is 0.413. The lowest BCUT2D eigenvalue weighted by molar-refractivity contribution is -0.274. The van der Waals surface area contributed by atoms with Crippen molar-refractivity contribution >= 4 is 17.8 Å². The highest BCUT2D eigenvalue weighted by Crippen LogP contribution is 2.38. The van der Waals surface area contributed by atoms with Gasteiger partial charge in [-0.15, -0.1) is 13.2 Å². The van der Waals surface area contributed by atoms with E-state index in [0.717, 1.165) is 17.7 Å². The molecule has 0 amide bonds. The molecule has 1 unspecified atom stereocenters. The van der Waals surface area contributed by atoms with Gasteiger partial charge >= 0.3 is 12.5 Å². The van der Waals surface area contributed by atoms with E-state index in [4.69, 9.17) is 35.7 Å². The second-order valence-electron chi connectivity index (χ2n) is 6.74. The Labute approximate surface area is 180 Å². The van der Waals surface area contributed by atoms with Crippen LogP contribution in [0.5, 0.6) is 23.0 Å². The van der Waals surface area contributed by atoms with E-state index in [0.29, 0.717) is 24.5 Å². The number of ether oxygens (including phenoxy) is 5. The summed E-state index contributed by atoms with van der Waals surface area (Å²) in [7, 11) is 0. The van der Waals surface area contributed by atoms with Crippen LogP contribution in [0.25, 0.3) is 0 Å². The highest BCUT2D eigenvalue weighted by molar-refractivity contribution is 6.32. The number of halogens is 4. The first-order chi connectivity index (χ1) is 14.5. The van der Waals surface area contributed by atoms with Crippen LogP contribution in [0.2, 0.25) is 5.02 Å². The fourth-order valence-corrected chi connectivity index (χ4v) is 3.19. The predicted molar refractivity (Wildman–Crippen MR) is 102 cm³/mol. The fraction of sp³-hybridized carbons (Fsp3) is 0.350. The summed E-state index contributed by atoms with van der Waals surface area (Å²) in [6.07, 6.45) is -5.49. The van der Waals surface area contributed by atoms with Crippen molar-refractivity contribution in [1.82, 2.24) is 0 Å². The molecule has 7 nitrogen and oxygen atoms in total. The Hall–Kier alpha value is -3.01. The molecular formula is C20H18ClF3O7. The van der Waals surface area contributed by atoms with Gasteiger partial charge in [0.15, 0.2) is 0 Å². The molecule has 2 aromatic rings. The molecule has 0 bridgehead atoms. The van der Waals surface area contributed by atoms with Crippen LogP contribution in [-0.4, -0.2) is 36.6 Å². The predicted octanol–water partition coefficient (Wildman–Crippen LogP) is 5.43. The molecule has 0 aliphatic carbocycles. The van der Waals surface area contributed by atoms with E-state index in [1.807, 2.05) is 0 Å². The van der Waals surface area contributed by atoms with E-state index >= 15 is 0 Å². The van der Waals surface area contributed by atoms with Crippen LogP contribution in [0.15, 0.2) is 36.4 Å². The third-order valence-electron chi connectivity index (χ3n) is 4.12. The lowest BCUT2D eigenvalue weighted by Crippen LogP contribution is -2.35. The number of rotatable bonds is 8. The van der Waals surface area contributed by atoms with Gasteiger partial charge in [-0.25, -0.2) is 4.79 Å². The number of carboxylic acid groups (broad SMARTS) is 1. The third kappa shape index (κ3) is 6.48. The SMILES string of the molecule is CC1(OC(=O)O)Cc2cc(OCCCOc3ccc(OC(F)(F)F)cc3Cl)ccc2O1. The Balaban J connectivity index is 1.44. The molecule has 1 N–H and O–H groups in total. The number of hydrogen-bond acceptors (Lipinski definition) is 6. The Morgan fingerprint density at radius 3 is 2.55 bits per heavy atom. The van der Waals surface area contributed by atoms with Gasteiger partial charge in [-0.1, -0.05) is 11.6 Å². The molecule has 168 valence electrons. The zero-order chi connectivity index (χ0) is 22.6. The Bertz CT molecular complexity index is 951. The first-order valence-electron chi connectivity index (χ1n) is 9.08. The van der Waals surface area contributed by atoms with Crippen molar-refractivity contribution in [3.8, 4) is 23.0 Å². The van der Waals surface area contributed by atoms with Crippen LogP contribution in [-0.2, 0) is 11.2 Å². The summed E-state index contributed by atoms with van der Waals surface area (Å²) < 4.78 is 61.9. The maximum absolute atomic E-state index is 12.2. The van der Waals surface area contributed by atoms with Gasteiger partial charge in [0.25, 0.3) is 5.79 Å². The minimum Gasteiger partial charge on any atom is -0.493 e. The molecule has 0 radical (unpaired) electrons. The second kappa shape index (κ2) is 9.01. The molecule has 0 saturated carbocycles. The summed E-state index contributed by atoms with van der Waals surface area (Å²) in [6, 6.07) is 8.52. The molecule has 0 spiro atoms. The van der Waals surface area contributed by atoms with Crippen LogP contribution >= 0.6 is 11.6 Å². The summed E-state index contributed by atoms with van der Waals surface area (Å²) in [5.41, 5.74) is 0.755. The first kappa shape index (κ1) is 22.7. The number of hydrogen-bond donors (Lipinski definition) is 1. The smallest absolute Gasteiger partial charge is 0.493 e. The van der Waals surface area contributed by atoms with Crippen molar-refractivity contribution in [2.24, 2.45) is 0 Å². The van der Waals surface area contributed by atoms with Crippen LogP contribution in [0.3, 0.4) is 0 Å². The first-order valence-corrected chi connectivity index (χ1v) is 9.46. The molecule has 2 aromatic carbocycles. The van der Waals surface area contributed by atoms with Crippen LogP contribution in [0, 0.1) is 0 Å². The second-order valence-corrected chi connectivity index (χ2v) is 7.15. The Morgan fingerprint density at radius 2 is 1.87 bits per heavy atom. The normalized spacial score (nSPS) is 17.5. The minimum absolute atomic E-state index is 0.00656. The van der Waals surface area contributed by atoms with Gasteiger partial charge in [0, 0.05) is 25.0 Å². The van der Waals surface area contributed by atoms with Crippen molar-refractivity contribution in [2.75, 3.05) is 13.2 Å². The number of carbonyl (C=O) groups is 1. The highest BCUT2D eigenvalue weighted by Gasteiger charge is 2.39. The van der Waals surface area contributed by atoms with E-state index in [9.17, 15) is 18.0 Å². The molecule has 1 aliphatic heterocycles. The third-order valence-corrected chi connectivity index (χ3v) is 4.42. The lowest BCUT2D eigenvalue weighted by atomic mass is 10.1. The standard InChI is InChI=1S/C20H18ClF3O7/c1-19(31-18(25)26)11-12-9-13(3-5-16(12)30-19)27-7-2-8-28-17-6-4-14(10-15(17)21)29-20(22,23)24/h3-6,9-10H,2,7-8,11H2,1H3,(H,25,26). The van der Waals surface area contributed by atoms with Gasteiger partial charge in [-0.2, -0.15) is 0 Å². The zero-order valence-corrected chi connectivity index (χ0v) is 17.0. The van der Waals surface area contributed by atoms with Crippen molar-refractivity contribution in [3.05, 3.63) is 47.0 Å². The topological polar surface area (TPSA) is 83.5 Å². The van der Waals surface area contributed by atoms with Crippen molar-refractivity contribution < 1.29 is 46.8 Å². The molecule has 1 atom stereocenters. The van der Waals surface area contributed by atoms with Crippen molar-refractivity contribution in [1.29, 1.82) is 0 Å². The van der Waals surface area contributed by atoms with Crippen LogP contribution < -0.4 is 18.9 Å². The molecular weight excluding hydrogens is 445 g/mol. The molecule has 0 saturated heterocycles. The van der Waals surface area contributed by atoms with Gasteiger partial charge in [-0.05, 0) is 30.3 Å². The van der Waals surface area contributed by atoms with Gasteiger partial charge in [0.1, 0.15) is 23.0 Å². The summed E-state index contributed by atoms with van der Waals surface area (Å²) in [6.45, 7) is 2.05. The van der Waals surface area contributed by atoms with E-state index in [1.54, 1.807) is 18.2 Å².